The molecule has 0 saturated carbocycles. The molecule has 1 unspecified atom stereocenters. The third-order valence-corrected chi connectivity index (χ3v) is 9.28. The molecule has 3 saturated heterocycles. The number of carbonyl (C=O) groups is 2. The van der Waals surface area contributed by atoms with Crippen LogP contribution in [0.15, 0.2) is 65.1 Å². The monoisotopic (exact) mass is 555 g/mol. The zero-order valence-corrected chi connectivity index (χ0v) is 22.5. The Morgan fingerprint density at radius 2 is 1.46 bits per heavy atom. The Morgan fingerprint density at radius 3 is 2.10 bits per heavy atom. The SMILES string of the molecule is O=C1C(=O)N(CCCN2CCOCC2)C(c2ccccc2)/C1=C(\O)c1ccc(S(=O)(=O)N2CCOCC2)cc1. The molecule has 2 aromatic carbocycles. The highest BCUT2D eigenvalue weighted by atomic mass is 32.2. The fourth-order valence-corrected chi connectivity index (χ4v) is 6.67. The fraction of sp³-hybridized carbons (Fsp3) is 0.429. The zero-order valence-electron chi connectivity index (χ0n) is 21.7. The topological polar surface area (TPSA) is 117 Å². The van der Waals surface area contributed by atoms with Crippen molar-refractivity contribution in [1.29, 1.82) is 0 Å². The summed E-state index contributed by atoms with van der Waals surface area (Å²) in [6.45, 7) is 5.38. The van der Waals surface area contributed by atoms with Crippen molar-refractivity contribution in [2.75, 3.05) is 65.7 Å². The number of benzene rings is 2. The molecule has 208 valence electrons. The summed E-state index contributed by atoms with van der Waals surface area (Å²) in [5, 5.41) is 11.3. The van der Waals surface area contributed by atoms with Gasteiger partial charge in [0.05, 0.1) is 42.9 Å². The average molecular weight is 556 g/mol. The number of carbonyl (C=O) groups excluding carboxylic acids is 2. The van der Waals surface area contributed by atoms with Gasteiger partial charge in [-0.05, 0) is 36.2 Å². The van der Waals surface area contributed by atoms with Crippen LogP contribution in [0.2, 0.25) is 0 Å². The minimum Gasteiger partial charge on any atom is -0.507 e. The molecule has 3 aliphatic rings. The number of Topliss-reactive ketones (excluding diaryl/α,β-unsaturated/α-hetero) is 1. The summed E-state index contributed by atoms with van der Waals surface area (Å²) in [7, 11) is -3.71. The predicted molar refractivity (Wildman–Crippen MR) is 143 cm³/mol. The van der Waals surface area contributed by atoms with Crippen LogP contribution in [0.5, 0.6) is 0 Å². The molecule has 3 heterocycles. The highest BCUT2D eigenvalue weighted by Crippen LogP contribution is 2.39. The van der Waals surface area contributed by atoms with Crippen LogP contribution in [0.1, 0.15) is 23.6 Å². The second-order valence-corrected chi connectivity index (χ2v) is 11.7. The van der Waals surface area contributed by atoms with Crippen molar-refractivity contribution in [3.8, 4) is 0 Å². The Balaban J connectivity index is 1.42. The second-order valence-electron chi connectivity index (χ2n) is 9.75. The minimum absolute atomic E-state index is 0.00126. The molecule has 5 rings (SSSR count). The number of ether oxygens (including phenoxy) is 2. The van der Waals surface area contributed by atoms with Crippen molar-refractivity contribution in [2.45, 2.75) is 17.4 Å². The van der Waals surface area contributed by atoms with E-state index in [9.17, 15) is 23.1 Å². The number of aliphatic hydroxyl groups excluding tert-OH is 1. The molecule has 2 aromatic rings. The average Bonchev–Trinajstić information content (AvgIpc) is 3.23. The van der Waals surface area contributed by atoms with Gasteiger partial charge in [-0.1, -0.05) is 30.3 Å². The molecule has 11 heteroatoms. The highest BCUT2D eigenvalue weighted by molar-refractivity contribution is 7.89. The number of sulfonamides is 1. The Labute approximate surface area is 228 Å². The summed E-state index contributed by atoms with van der Waals surface area (Å²) in [6.07, 6.45) is 0.671. The number of likely N-dealkylation sites (tertiary alicyclic amines) is 1. The van der Waals surface area contributed by atoms with Crippen molar-refractivity contribution in [2.24, 2.45) is 0 Å². The molecule has 10 nitrogen and oxygen atoms in total. The molecule has 0 spiro atoms. The lowest BCUT2D eigenvalue weighted by atomic mass is 9.95. The molecule has 0 radical (unpaired) electrons. The molecule has 39 heavy (non-hydrogen) atoms. The van der Waals surface area contributed by atoms with Crippen molar-refractivity contribution in [3.63, 3.8) is 0 Å². The molecule has 0 bridgehead atoms. The molecule has 3 fully saturated rings. The van der Waals surface area contributed by atoms with Gasteiger partial charge in [-0.2, -0.15) is 4.31 Å². The van der Waals surface area contributed by atoms with Gasteiger partial charge in [-0.25, -0.2) is 8.42 Å². The van der Waals surface area contributed by atoms with E-state index in [1.54, 1.807) is 0 Å². The smallest absolute Gasteiger partial charge is 0.295 e. The predicted octanol–water partition coefficient (Wildman–Crippen LogP) is 1.85. The minimum atomic E-state index is -3.71. The summed E-state index contributed by atoms with van der Waals surface area (Å²) in [6, 6.07) is 14.2. The number of aliphatic hydroxyl groups is 1. The number of nitrogens with zero attached hydrogens (tertiary/aromatic N) is 3. The van der Waals surface area contributed by atoms with Gasteiger partial charge >= 0.3 is 0 Å². The molecule has 3 aliphatic heterocycles. The highest BCUT2D eigenvalue weighted by Gasteiger charge is 2.45. The van der Waals surface area contributed by atoms with E-state index in [0.717, 1.165) is 25.2 Å². The molecule has 1 atom stereocenters. The summed E-state index contributed by atoms with van der Waals surface area (Å²) in [5.41, 5.74) is 0.987. The number of rotatable bonds is 8. The number of hydrogen-bond acceptors (Lipinski definition) is 8. The molecule has 1 N–H and O–H groups in total. The molecule has 0 aliphatic carbocycles. The lowest BCUT2D eigenvalue weighted by molar-refractivity contribution is -0.140. The summed E-state index contributed by atoms with van der Waals surface area (Å²) in [5.74, 6) is -1.73. The first kappa shape index (κ1) is 27.5. The normalized spacial score (nSPS) is 22.9. The summed E-state index contributed by atoms with van der Waals surface area (Å²) >= 11 is 0. The van der Waals surface area contributed by atoms with Crippen molar-refractivity contribution in [3.05, 3.63) is 71.3 Å². The summed E-state index contributed by atoms with van der Waals surface area (Å²) < 4.78 is 38.0. The Morgan fingerprint density at radius 1 is 0.846 bits per heavy atom. The summed E-state index contributed by atoms with van der Waals surface area (Å²) in [4.78, 5) is 30.3. The van der Waals surface area contributed by atoms with Crippen LogP contribution < -0.4 is 0 Å². The van der Waals surface area contributed by atoms with E-state index in [0.29, 0.717) is 39.4 Å². The molecule has 0 aromatic heterocycles. The van der Waals surface area contributed by atoms with Gasteiger partial charge < -0.3 is 19.5 Å². The maximum Gasteiger partial charge on any atom is 0.295 e. The second kappa shape index (κ2) is 12.0. The quantitative estimate of drug-likeness (QED) is 0.298. The van der Waals surface area contributed by atoms with Crippen molar-refractivity contribution < 1.29 is 32.6 Å². The third kappa shape index (κ3) is 5.78. The van der Waals surface area contributed by atoms with Gasteiger partial charge in [0.2, 0.25) is 10.0 Å². The van der Waals surface area contributed by atoms with Crippen LogP contribution in [0, 0.1) is 0 Å². The van der Waals surface area contributed by atoms with E-state index in [1.807, 2.05) is 30.3 Å². The van der Waals surface area contributed by atoms with Crippen LogP contribution in [0.3, 0.4) is 0 Å². The van der Waals surface area contributed by atoms with E-state index in [-0.39, 0.29) is 34.9 Å². The van der Waals surface area contributed by atoms with Gasteiger partial charge in [-0.15, -0.1) is 0 Å². The van der Waals surface area contributed by atoms with Crippen LogP contribution >= 0.6 is 0 Å². The molecular formula is C28H33N3O7S. The third-order valence-electron chi connectivity index (χ3n) is 7.37. The van der Waals surface area contributed by atoms with Crippen molar-refractivity contribution in [1.82, 2.24) is 14.1 Å². The van der Waals surface area contributed by atoms with Gasteiger partial charge in [0, 0.05) is 44.8 Å². The number of amides is 1. The maximum absolute atomic E-state index is 13.3. The molecular weight excluding hydrogens is 522 g/mol. The molecule has 1 amide bonds. The number of morpholine rings is 2. The van der Waals surface area contributed by atoms with Crippen molar-refractivity contribution >= 4 is 27.5 Å². The van der Waals surface area contributed by atoms with Crippen LogP contribution in [0.25, 0.3) is 5.76 Å². The van der Waals surface area contributed by atoms with E-state index in [1.165, 1.54) is 33.5 Å². The maximum atomic E-state index is 13.3. The fourth-order valence-electron chi connectivity index (χ4n) is 5.26. The zero-order chi connectivity index (χ0) is 27.4. The first-order chi connectivity index (χ1) is 18.9. The van der Waals surface area contributed by atoms with Gasteiger partial charge in [-0.3, -0.25) is 14.5 Å². The first-order valence-corrected chi connectivity index (χ1v) is 14.6. The van der Waals surface area contributed by atoms with Crippen LogP contribution in [-0.4, -0.2) is 105 Å². The Kier molecular flexibility index (Phi) is 8.43. The van der Waals surface area contributed by atoms with Gasteiger partial charge in [0.15, 0.2) is 0 Å². The van der Waals surface area contributed by atoms with E-state index in [4.69, 9.17) is 9.47 Å². The number of ketones is 1. The van der Waals surface area contributed by atoms with Crippen LogP contribution in [0.4, 0.5) is 0 Å². The van der Waals surface area contributed by atoms with Gasteiger partial charge in [0.25, 0.3) is 11.7 Å². The lowest BCUT2D eigenvalue weighted by Crippen LogP contribution is -2.40. The standard InChI is InChI=1S/C28H33N3O7S/c32-26(22-7-9-23(10-8-22)39(35,36)30-15-19-38-20-16-30)24-25(21-5-2-1-3-6-21)31(28(34)27(24)33)12-4-11-29-13-17-37-18-14-29/h1-3,5-10,25,32H,4,11-20H2/b26-24+. The first-order valence-electron chi connectivity index (χ1n) is 13.2. The Hall–Kier alpha value is -3.09. The largest absolute Gasteiger partial charge is 0.507 e. The Bertz CT molecular complexity index is 1320. The van der Waals surface area contributed by atoms with Gasteiger partial charge in [0.1, 0.15) is 5.76 Å². The van der Waals surface area contributed by atoms with E-state index < -0.39 is 27.8 Å². The van der Waals surface area contributed by atoms with E-state index in [2.05, 4.69) is 4.90 Å². The van der Waals surface area contributed by atoms with Crippen LogP contribution in [-0.2, 0) is 29.1 Å². The number of hydrogen-bond donors (Lipinski definition) is 1. The lowest BCUT2D eigenvalue weighted by Gasteiger charge is -2.29. The van der Waals surface area contributed by atoms with E-state index >= 15 is 0 Å².